The van der Waals surface area contributed by atoms with Gasteiger partial charge in [0.2, 0.25) is 18.1 Å². The minimum Gasteiger partial charge on any atom is -0.463 e. The summed E-state index contributed by atoms with van der Waals surface area (Å²) < 4.78 is 50.1. The number of esters is 6. The molecular weight excluding hydrogens is 636 g/mol. The Labute approximate surface area is 269 Å². The number of carbonyl (C=O) groups excluding carboxylic acids is 8. The predicted molar refractivity (Wildman–Crippen MR) is 149 cm³/mol. The Morgan fingerprint density at radius 2 is 0.830 bits per heavy atom. The third-order valence-electron chi connectivity index (χ3n) is 6.41. The fraction of sp³-hybridized carbons (Fsp3) is 0.714. The first kappa shape index (κ1) is 38.8. The number of rotatable bonds is 12. The molecule has 0 aromatic heterocycles. The number of nitrogens with one attached hydrogen (secondary N) is 2. The van der Waals surface area contributed by atoms with Gasteiger partial charge in [-0.2, -0.15) is 0 Å². The zero-order chi connectivity index (χ0) is 35.6. The molecule has 19 heteroatoms. The van der Waals surface area contributed by atoms with Crippen LogP contribution in [0.5, 0.6) is 0 Å². The molecule has 2 N–H and O–H groups in total. The first-order valence-electron chi connectivity index (χ1n) is 14.4. The Hall–Kier alpha value is -4.36. The molecule has 2 fully saturated rings. The minimum atomic E-state index is -1.69. The first-order valence-corrected chi connectivity index (χ1v) is 14.4. The summed E-state index contributed by atoms with van der Waals surface area (Å²) in [6, 6.07) is -2.86. The van der Waals surface area contributed by atoms with Crippen molar-refractivity contribution in [3.8, 4) is 0 Å². The van der Waals surface area contributed by atoms with Crippen LogP contribution in [-0.4, -0.2) is 122 Å². The van der Waals surface area contributed by atoms with Crippen molar-refractivity contribution in [3.05, 3.63) is 0 Å². The maximum absolute atomic E-state index is 12.4. The van der Waals surface area contributed by atoms with Crippen LogP contribution >= 0.6 is 0 Å². The van der Waals surface area contributed by atoms with Crippen LogP contribution < -0.4 is 10.6 Å². The fourth-order valence-corrected chi connectivity index (χ4v) is 4.95. The van der Waals surface area contributed by atoms with Crippen molar-refractivity contribution in [1.82, 2.24) is 10.6 Å². The van der Waals surface area contributed by atoms with Gasteiger partial charge < -0.3 is 53.3 Å². The number of hydrogen-bond donors (Lipinski definition) is 2. The highest BCUT2D eigenvalue weighted by Gasteiger charge is 2.56. The van der Waals surface area contributed by atoms with Gasteiger partial charge in [-0.3, -0.25) is 38.4 Å². The van der Waals surface area contributed by atoms with E-state index in [2.05, 4.69) is 10.6 Å². The van der Waals surface area contributed by atoms with E-state index in [-0.39, 0.29) is 0 Å². The Morgan fingerprint density at radius 1 is 0.468 bits per heavy atom. The van der Waals surface area contributed by atoms with Crippen molar-refractivity contribution in [2.45, 2.75) is 117 Å². The maximum atomic E-state index is 12.4. The highest BCUT2D eigenvalue weighted by molar-refractivity contribution is 5.74. The minimum absolute atomic E-state index is 0.549. The summed E-state index contributed by atoms with van der Waals surface area (Å²) in [6.07, 6.45) is -12.1. The molecule has 1 unspecified atom stereocenters. The Morgan fingerprint density at radius 3 is 1.23 bits per heavy atom. The lowest BCUT2D eigenvalue weighted by atomic mass is 9.94. The molecule has 0 aromatic carbocycles. The predicted octanol–water partition coefficient (Wildman–Crippen LogP) is -1.68. The number of amides is 2. The summed E-state index contributed by atoms with van der Waals surface area (Å²) in [5.41, 5.74) is 0. The molecule has 0 spiro atoms. The molecule has 2 rings (SSSR count). The van der Waals surface area contributed by atoms with Crippen LogP contribution in [0.1, 0.15) is 55.4 Å². The summed E-state index contributed by atoms with van der Waals surface area (Å²) in [4.78, 5) is 96.7. The highest BCUT2D eigenvalue weighted by atomic mass is 16.8. The first-order chi connectivity index (χ1) is 21.9. The van der Waals surface area contributed by atoms with Gasteiger partial charge in [0.1, 0.15) is 43.6 Å². The van der Waals surface area contributed by atoms with Gasteiger partial charge in [0.05, 0.1) is 0 Å². The topological polar surface area (TPSA) is 244 Å². The van der Waals surface area contributed by atoms with Gasteiger partial charge in [-0.05, 0) is 0 Å². The molecule has 0 saturated carbocycles. The van der Waals surface area contributed by atoms with Gasteiger partial charge in [-0.15, -0.1) is 0 Å². The standard InChI is InChI=1S/C28H40N2O17/c1-11(31)29-21-26(43-17(7)37)24(20(10-40-14(4)34)45-27(21)44-18(8)38)47-28-22(30-12(2)32)25(42-16(6)36)23(41-15(5)35)19(46-28)9-39-13(3)33/h19-28H,9-10H2,1-8H3,(H,29,31)(H,30,32)/t19-,20+,21-,22-,23-,24-,25-,26-,27?,28+/m1/s1. The molecule has 2 heterocycles. The SMILES string of the molecule is CC(=O)N[C@H]1[C@H](O[C@H]2[C@H](OC(C)=O)[C@@H](NC(C)=O)C(OC(C)=O)O[C@H]2COC(C)=O)O[C@H](COC(C)=O)[C@@H](OC(C)=O)[C@@H]1OC(C)=O. The lowest BCUT2D eigenvalue weighted by molar-refractivity contribution is -0.330. The summed E-state index contributed by atoms with van der Waals surface area (Å²) in [5.74, 6) is -6.25. The second-order valence-electron chi connectivity index (χ2n) is 10.6. The fourth-order valence-electron chi connectivity index (χ4n) is 4.95. The van der Waals surface area contributed by atoms with Crippen molar-refractivity contribution >= 4 is 47.6 Å². The summed E-state index contributed by atoms with van der Waals surface area (Å²) in [7, 11) is 0. The van der Waals surface area contributed by atoms with Gasteiger partial charge in [-0.1, -0.05) is 0 Å². The van der Waals surface area contributed by atoms with Gasteiger partial charge in [0.25, 0.3) is 0 Å². The second-order valence-corrected chi connectivity index (χ2v) is 10.6. The molecule has 19 nitrogen and oxygen atoms in total. The average molecular weight is 677 g/mol. The van der Waals surface area contributed by atoms with E-state index in [9.17, 15) is 38.4 Å². The van der Waals surface area contributed by atoms with Gasteiger partial charge in [0, 0.05) is 55.4 Å². The van der Waals surface area contributed by atoms with Crippen LogP contribution in [0.15, 0.2) is 0 Å². The molecule has 47 heavy (non-hydrogen) atoms. The molecule has 10 atom stereocenters. The van der Waals surface area contributed by atoms with Crippen LogP contribution in [0.3, 0.4) is 0 Å². The zero-order valence-corrected chi connectivity index (χ0v) is 27.1. The van der Waals surface area contributed by atoms with Crippen molar-refractivity contribution < 1.29 is 81.0 Å². The molecular formula is C28H40N2O17. The number of hydrogen-bond acceptors (Lipinski definition) is 17. The summed E-state index contributed by atoms with van der Waals surface area (Å²) >= 11 is 0. The van der Waals surface area contributed by atoms with Crippen LogP contribution in [0.2, 0.25) is 0 Å². The number of ether oxygens (including phenoxy) is 9. The normalized spacial score (nSPS) is 30.0. The molecule has 0 radical (unpaired) electrons. The monoisotopic (exact) mass is 676 g/mol. The second kappa shape index (κ2) is 17.5. The van der Waals surface area contributed by atoms with E-state index in [1.165, 1.54) is 0 Å². The quantitative estimate of drug-likeness (QED) is 0.173. The third-order valence-corrected chi connectivity index (χ3v) is 6.41. The smallest absolute Gasteiger partial charge is 0.305 e. The van der Waals surface area contributed by atoms with Gasteiger partial charge in [-0.25, -0.2) is 0 Å². The zero-order valence-electron chi connectivity index (χ0n) is 27.1. The van der Waals surface area contributed by atoms with Crippen LogP contribution in [0.4, 0.5) is 0 Å². The highest BCUT2D eigenvalue weighted by Crippen LogP contribution is 2.33. The van der Waals surface area contributed by atoms with Crippen LogP contribution in [0, 0.1) is 0 Å². The van der Waals surface area contributed by atoms with E-state index in [0.717, 1.165) is 55.4 Å². The van der Waals surface area contributed by atoms with Crippen LogP contribution in [0.25, 0.3) is 0 Å². The summed E-state index contributed by atoms with van der Waals surface area (Å²) in [5, 5.41) is 5.02. The van der Waals surface area contributed by atoms with Gasteiger partial charge >= 0.3 is 35.8 Å². The number of carbonyl (C=O) groups is 8. The third kappa shape index (κ3) is 12.1. The lowest BCUT2D eigenvalue weighted by Crippen LogP contribution is -2.70. The average Bonchev–Trinajstić information content (AvgIpc) is 2.91. The van der Waals surface area contributed by atoms with Crippen molar-refractivity contribution in [3.63, 3.8) is 0 Å². The van der Waals surface area contributed by atoms with E-state index < -0.39 is 122 Å². The molecule has 2 aliphatic rings. The molecule has 0 bridgehead atoms. The maximum Gasteiger partial charge on any atom is 0.305 e. The molecule has 2 saturated heterocycles. The lowest BCUT2D eigenvalue weighted by Gasteiger charge is -2.49. The Kier molecular flexibility index (Phi) is 14.5. The van der Waals surface area contributed by atoms with E-state index in [0.29, 0.717) is 0 Å². The van der Waals surface area contributed by atoms with E-state index in [1.807, 2.05) is 0 Å². The van der Waals surface area contributed by atoms with Gasteiger partial charge in [0.15, 0.2) is 24.6 Å². The van der Waals surface area contributed by atoms with E-state index in [1.54, 1.807) is 0 Å². The molecule has 2 amide bonds. The van der Waals surface area contributed by atoms with Crippen molar-refractivity contribution in [2.24, 2.45) is 0 Å². The molecule has 264 valence electrons. The van der Waals surface area contributed by atoms with E-state index in [4.69, 9.17) is 42.6 Å². The Bertz CT molecular complexity index is 1210. The molecule has 2 aliphatic heterocycles. The van der Waals surface area contributed by atoms with Crippen molar-refractivity contribution in [1.29, 1.82) is 0 Å². The van der Waals surface area contributed by atoms with Crippen LogP contribution in [-0.2, 0) is 81.0 Å². The summed E-state index contributed by atoms with van der Waals surface area (Å²) in [6.45, 7) is 7.56. The Balaban J connectivity index is 2.73. The van der Waals surface area contributed by atoms with Crippen molar-refractivity contribution in [2.75, 3.05) is 13.2 Å². The molecule has 0 aromatic rings. The molecule has 0 aliphatic carbocycles. The largest absolute Gasteiger partial charge is 0.463 e. The van der Waals surface area contributed by atoms with E-state index >= 15 is 0 Å².